The Balaban J connectivity index is 2.44. The molecule has 0 amide bonds. The average molecular weight is 263 g/mol. The lowest BCUT2D eigenvalue weighted by atomic mass is 9.72. The van der Waals surface area contributed by atoms with Crippen LogP contribution in [0.5, 0.6) is 0 Å². The van der Waals surface area contributed by atoms with Gasteiger partial charge in [-0.05, 0) is 23.6 Å². The van der Waals surface area contributed by atoms with Gasteiger partial charge in [-0.3, -0.25) is 0 Å². The number of aliphatic hydroxyl groups is 1. The molecule has 1 aromatic rings. The van der Waals surface area contributed by atoms with Crippen molar-refractivity contribution in [2.75, 3.05) is 11.5 Å². The molecule has 1 nitrogen and oxygen atoms in total. The lowest BCUT2D eigenvalue weighted by molar-refractivity contribution is -0.0547. The van der Waals surface area contributed by atoms with Crippen LogP contribution >= 0.6 is 34.7 Å². The second-order valence-corrected chi connectivity index (χ2v) is 7.07. The van der Waals surface area contributed by atoms with E-state index < -0.39 is 5.60 Å². The summed E-state index contributed by atoms with van der Waals surface area (Å²) in [7, 11) is 0. The number of thioether (sulfide) groups is 1. The van der Waals surface area contributed by atoms with E-state index in [0.29, 0.717) is 5.02 Å². The highest BCUT2D eigenvalue weighted by Crippen LogP contribution is 2.51. The van der Waals surface area contributed by atoms with Crippen molar-refractivity contribution >= 4 is 34.7 Å². The van der Waals surface area contributed by atoms with Crippen molar-refractivity contribution in [3.05, 3.63) is 21.3 Å². The van der Waals surface area contributed by atoms with Crippen molar-refractivity contribution in [1.29, 1.82) is 0 Å². The van der Waals surface area contributed by atoms with Gasteiger partial charge in [-0.2, -0.15) is 11.8 Å². The quantitative estimate of drug-likeness (QED) is 0.832. The van der Waals surface area contributed by atoms with E-state index in [9.17, 15) is 5.11 Å². The molecule has 1 atom stereocenters. The van der Waals surface area contributed by atoms with Gasteiger partial charge in [0.1, 0.15) is 5.60 Å². The molecule has 0 saturated carbocycles. The predicted molar refractivity (Wildman–Crippen MR) is 68.9 cm³/mol. The highest BCUT2D eigenvalue weighted by atomic mass is 35.5. The van der Waals surface area contributed by atoms with E-state index >= 15 is 0 Å². The van der Waals surface area contributed by atoms with Crippen molar-refractivity contribution < 1.29 is 5.11 Å². The summed E-state index contributed by atoms with van der Waals surface area (Å²) in [4.78, 5) is 0.932. The number of rotatable bonds is 1. The van der Waals surface area contributed by atoms with Gasteiger partial charge in [-0.15, -0.1) is 11.3 Å². The van der Waals surface area contributed by atoms with Crippen molar-refractivity contribution in [3.8, 4) is 0 Å². The molecule has 2 rings (SSSR count). The third-order valence-electron chi connectivity index (χ3n) is 3.29. The molecule has 1 aliphatic rings. The third kappa shape index (κ3) is 1.84. The molecule has 0 radical (unpaired) electrons. The number of thiophene rings is 1. The van der Waals surface area contributed by atoms with Crippen LogP contribution in [0.2, 0.25) is 5.02 Å². The van der Waals surface area contributed by atoms with Gasteiger partial charge in [-0.1, -0.05) is 25.4 Å². The van der Waals surface area contributed by atoms with Crippen molar-refractivity contribution in [2.45, 2.75) is 25.9 Å². The van der Waals surface area contributed by atoms with Crippen LogP contribution in [-0.4, -0.2) is 16.6 Å². The van der Waals surface area contributed by atoms with Gasteiger partial charge in [0.25, 0.3) is 0 Å². The first-order valence-electron chi connectivity index (χ1n) is 5.01. The van der Waals surface area contributed by atoms with Crippen LogP contribution in [0.15, 0.2) is 11.4 Å². The number of hydrogen-bond acceptors (Lipinski definition) is 3. The van der Waals surface area contributed by atoms with Crippen molar-refractivity contribution in [2.24, 2.45) is 5.41 Å². The molecular formula is C11H15ClOS2. The van der Waals surface area contributed by atoms with E-state index in [1.165, 1.54) is 0 Å². The Labute approximate surface area is 104 Å². The van der Waals surface area contributed by atoms with Crippen molar-refractivity contribution in [3.63, 3.8) is 0 Å². The number of hydrogen-bond donors (Lipinski definition) is 1. The molecule has 2 heterocycles. The van der Waals surface area contributed by atoms with E-state index in [1.54, 1.807) is 11.3 Å². The smallest absolute Gasteiger partial charge is 0.114 e. The molecule has 0 aromatic carbocycles. The largest absolute Gasteiger partial charge is 0.383 e. The minimum Gasteiger partial charge on any atom is -0.383 e. The normalized spacial score (nSPS) is 30.4. The Hall–Kier alpha value is 0.300. The van der Waals surface area contributed by atoms with E-state index in [2.05, 4.69) is 13.8 Å². The van der Waals surface area contributed by atoms with E-state index in [4.69, 9.17) is 11.6 Å². The fraction of sp³-hybridized carbons (Fsp3) is 0.636. The summed E-state index contributed by atoms with van der Waals surface area (Å²) in [6.45, 7) is 4.26. The second kappa shape index (κ2) is 3.95. The molecule has 0 spiro atoms. The van der Waals surface area contributed by atoms with Crippen LogP contribution in [0.3, 0.4) is 0 Å². The van der Waals surface area contributed by atoms with Gasteiger partial charge in [-0.25, -0.2) is 0 Å². The van der Waals surface area contributed by atoms with E-state index in [0.717, 1.165) is 22.8 Å². The Morgan fingerprint density at radius 1 is 1.47 bits per heavy atom. The maximum absolute atomic E-state index is 10.8. The van der Waals surface area contributed by atoms with E-state index in [-0.39, 0.29) is 5.41 Å². The molecule has 4 heteroatoms. The Bertz CT molecular complexity index is 361. The van der Waals surface area contributed by atoms with E-state index in [1.807, 2.05) is 23.2 Å². The van der Waals surface area contributed by atoms with Gasteiger partial charge in [0, 0.05) is 11.2 Å². The van der Waals surface area contributed by atoms with Crippen LogP contribution in [-0.2, 0) is 5.60 Å². The minimum atomic E-state index is -0.763. The Kier molecular flexibility index (Phi) is 3.10. The standard InChI is InChI=1S/C11H15ClOS2/c1-10(2)4-6-14-7-11(10,13)9-8(12)3-5-15-9/h3,5,13H,4,6-7H2,1-2H3. The Morgan fingerprint density at radius 2 is 2.20 bits per heavy atom. The summed E-state index contributed by atoms with van der Waals surface area (Å²) < 4.78 is 0. The summed E-state index contributed by atoms with van der Waals surface area (Å²) >= 11 is 9.50. The molecule has 84 valence electrons. The Morgan fingerprint density at radius 3 is 2.73 bits per heavy atom. The molecule has 1 aliphatic heterocycles. The molecular weight excluding hydrogens is 248 g/mol. The second-order valence-electron chi connectivity index (χ2n) is 4.64. The molecule has 1 N–H and O–H groups in total. The van der Waals surface area contributed by atoms with Gasteiger partial charge in [0.05, 0.1) is 9.90 Å². The first-order valence-corrected chi connectivity index (χ1v) is 7.42. The van der Waals surface area contributed by atoms with Gasteiger partial charge in [0.2, 0.25) is 0 Å². The maximum Gasteiger partial charge on any atom is 0.114 e. The fourth-order valence-electron chi connectivity index (χ4n) is 1.91. The van der Waals surface area contributed by atoms with Crippen LogP contribution in [0.25, 0.3) is 0 Å². The van der Waals surface area contributed by atoms with Crippen LogP contribution in [0, 0.1) is 5.41 Å². The fourth-order valence-corrected chi connectivity index (χ4v) is 5.12. The summed E-state index contributed by atoms with van der Waals surface area (Å²) in [5.41, 5.74) is -0.853. The topological polar surface area (TPSA) is 20.2 Å². The summed E-state index contributed by atoms with van der Waals surface area (Å²) in [6.07, 6.45) is 1.03. The first-order chi connectivity index (χ1) is 6.97. The molecule has 1 fully saturated rings. The van der Waals surface area contributed by atoms with Crippen molar-refractivity contribution in [1.82, 2.24) is 0 Å². The zero-order valence-electron chi connectivity index (χ0n) is 8.92. The lowest BCUT2D eigenvalue weighted by Crippen LogP contribution is -2.46. The molecule has 15 heavy (non-hydrogen) atoms. The van der Waals surface area contributed by atoms with Crippen LogP contribution in [0.4, 0.5) is 0 Å². The molecule has 0 aliphatic carbocycles. The number of halogens is 1. The minimum absolute atomic E-state index is 0.0905. The monoisotopic (exact) mass is 262 g/mol. The summed E-state index contributed by atoms with van der Waals surface area (Å²) in [5, 5.41) is 13.5. The zero-order chi connectivity index (χ0) is 11.1. The summed E-state index contributed by atoms with van der Waals surface area (Å²) in [6, 6.07) is 1.87. The average Bonchev–Trinajstić information content (AvgIpc) is 2.57. The van der Waals surface area contributed by atoms with Gasteiger partial charge < -0.3 is 5.11 Å². The molecule has 0 bridgehead atoms. The highest BCUT2D eigenvalue weighted by Gasteiger charge is 2.48. The highest BCUT2D eigenvalue weighted by molar-refractivity contribution is 7.99. The van der Waals surface area contributed by atoms with Gasteiger partial charge in [0.15, 0.2) is 0 Å². The maximum atomic E-state index is 10.8. The zero-order valence-corrected chi connectivity index (χ0v) is 11.3. The third-order valence-corrected chi connectivity index (χ3v) is 5.90. The van der Waals surface area contributed by atoms with Crippen LogP contribution < -0.4 is 0 Å². The molecule has 1 saturated heterocycles. The molecule has 1 unspecified atom stereocenters. The van der Waals surface area contributed by atoms with Crippen LogP contribution in [0.1, 0.15) is 25.1 Å². The lowest BCUT2D eigenvalue weighted by Gasteiger charge is -2.45. The first kappa shape index (κ1) is 11.8. The summed E-state index contributed by atoms with van der Waals surface area (Å²) in [5.74, 6) is 1.87. The predicted octanol–water partition coefficient (Wildman–Crippen LogP) is 3.75. The molecule has 1 aromatic heterocycles. The SMILES string of the molecule is CC1(C)CCSCC1(O)c1sccc1Cl. The van der Waals surface area contributed by atoms with Gasteiger partial charge >= 0.3 is 0 Å².